The van der Waals surface area contributed by atoms with E-state index in [9.17, 15) is 18.0 Å². The topological polar surface area (TPSA) is 78.8 Å². The molecular formula is C21H18F3N3O2. The molecule has 29 heavy (non-hydrogen) atoms. The Hall–Kier alpha value is -3.42. The number of ketones is 1. The van der Waals surface area contributed by atoms with Gasteiger partial charge in [0.15, 0.2) is 0 Å². The molecule has 0 saturated carbocycles. The molecule has 0 spiro atoms. The van der Waals surface area contributed by atoms with Gasteiger partial charge in [0, 0.05) is 5.56 Å². The van der Waals surface area contributed by atoms with Crippen molar-refractivity contribution in [3.8, 4) is 17.0 Å². The third-order valence-corrected chi connectivity index (χ3v) is 4.36. The molecule has 0 amide bonds. The Morgan fingerprint density at radius 3 is 2.38 bits per heavy atom. The quantitative estimate of drug-likeness (QED) is 0.413. The number of nitrogens with zero attached hydrogens (tertiary/aromatic N) is 1. The highest BCUT2D eigenvalue weighted by molar-refractivity contribution is 6.46. The number of imidazole rings is 1. The first-order valence-corrected chi connectivity index (χ1v) is 8.87. The Morgan fingerprint density at radius 1 is 1.14 bits per heavy atom. The molecule has 0 fully saturated rings. The van der Waals surface area contributed by atoms with Crippen LogP contribution in [0, 0.1) is 5.41 Å². The molecule has 0 bridgehead atoms. The molecule has 3 aromatic rings. The number of carbonyl (C=O) groups excluding carboxylic acids is 1. The smallest absolute Gasteiger partial charge is 0.406 e. The van der Waals surface area contributed by atoms with Gasteiger partial charge in [0.05, 0.1) is 23.5 Å². The number of H-pyrrole nitrogens is 1. The average molecular weight is 401 g/mol. The van der Waals surface area contributed by atoms with Crippen LogP contribution in [0.15, 0.2) is 60.8 Å². The van der Waals surface area contributed by atoms with Crippen molar-refractivity contribution in [1.82, 2.24) is 9.97 Å². The Morgan fingerprint density at radius 2 is 1.79 bits per heavy atom. The van der Waals surface area contributed by atoms with Crippen LogP contribution in [0.25, 0.3) is 11.3 Å². The molecule has 0 aliphatic carbocycles. The Kier molecular flexibility index (Phi) is 5.81. The van der Waals surface area contributed by atoms with Crippen LogP contribution in [0.2, 0.25) is 0 Å². The van der Waals surface area contributed by atoms with Crippen LogP contribution in [-0.2, 0) is 0 Å². The number of halogens is 3. The number of ether oxygens (including phenoxy) is 1. The lowest BCUT2D eigenvalue weighted by atomic mass is 9.93. The highest BCUT2D eigenvalue weighted by Gasteiger charge is 2.31. The van der Waals surface area contributed by atoms with Crippen molar-refractivity contribution in [1.29, 1.82) is 5.41 Å². The lowest BCUT2D eigenvalue weighted by Crippen LogP contribution is -2.22. The van der Waals surface area contributed by atoms with E-state index in [1.165, 1.54) is 12.1 Å². The van der Waals surface area contributed by atoms with Crippen LogP contribution < -0.4 is 4.74 Å². The molecule has 0 radical (unpaired) electrons. The highest BCUT2D eigenvalue weighted by atomic mass is 19.4. The molecule has 0 aliphatic rings. The van der Waals surface area contributed by atoms with Gasteiger partial charge in [0.25, 0.3) is 0 Å². The van der Waals surface area contributed by atoms with E-state index in [0.717, 1.165) is 23.4 Å². The molecule has 150 valence electrons. The molecule has 0 aliphatic heterocycles. The first-order valence-electron chi connectivity index (χ1n) is 8.87. The maximum absolute atomic E-state index is 12.7. The predicted molar refractivity (Wildman–Crippen MR) is 102 cm³/mol. The zero-order valence-corrected chi connectivity index (χ0v) is 15.5. The molecule has 8 heteroatoms. The fourth-order valence-electron chi connectivity index (χ4n) is 2.93. The number of alkyl halides is 3. The molecule has 0 saturated heterocycles. The lowest BCUT2D eigenvalue weighted by molar-refractivity contribution is -0.274. The maximum atomic E-state index is 12.7. The van der Waals surface area contributed by atoms with Crippen molar-refractivity contribution >= 4 is 11.5 Å². The van der Waals surface area contributed by atoms with Crippen molar-refractivity contribution in [2.45, 2.75) is 25.6 Å². The number of carbonyl (C=O) groups is 1. The summed E-state index contributed by atoms with van der Waals surface area (Å²) in [6.45, 7) is 1.83. The molecule has 5 nitrogen and oxygen atoms in total. The molecule has 2 N–H and O–H groups in total. The zero-order chi connectivity index (χ0) is 21.0. The van der Waals surface area contributed by atoms with Crippen molar-refractivity contribution in [2.75, 3.05) is 0 Å². The Bertz CT molecular complexity index is 996. The van der Waals surface area contributed by atoms with Gasteiger partial charge in [-0.25, -0.2) is 4.98 Å². The predicted octanol–water partition coefficient (Wildman–Crippen LogP) is 5.37. The highest BCUT2D eigenvalue weighted by Crippen LogP contribution is 2.26. The average Bonchev–Trinajstić information content (AvgIpc) is 3.18. The van der Waals surface area contributed by atoms with Crippen molar-refractivity contribution < 1.29 is 22.7 Å². The van der Waals surface area contributed by atoms with Crippen LogP contribution in [-0.4, -0.2) is 27.8 Å². The van der Waals surface area contributed by atoms with Gasteiger partial charge in [0.2, 0.25) is 5.78 Å². The fraction of sp³-hybridized carbons (Fsp3) is 0.190. The largest absolute Gasteiger partial charge is 0.573 e. The third kappa shape index (κ3) is 4.90. The summed E-state index contributed by atoms with van der Waals surface area (Å²) in [4.78, 5) is 20.1. The first kappa shape index (κ1) is 20.3. The molecule has 3 rings (SSSR count). The number of aromatic nitrogens is 2. The van der Waals surface area contributed by atoms with Crippen LogP contribution in [0.5, 0.6) is 5.75 Å². The lowest BCUT2D eigenvalue weighted by Gasteiger charge is -2.14. The van der Waals surface area contributed by atoms with E-state index in [-0.39, 0.29) is 11.3 Å². The van der Waals surface area contributed by atoms with Crippen LogP contribution in [0.3, 0.4) is 0 Å². The summed E-state index contributed by atoms with van der Waals surface area (Å²) in [5.41, 5.74) is 1.62. The monoisotopic (exact) mass is 401 g/mol. The first-order chi connectivity index (χ1) is 13.8. The summed E-state index contributed by atoms with van der Waals surface area (Å²) in [5.74, 6) is -1.08. The molecule has 1 aromatic heterocycles. The number of hydrogen-bond donors (Lipinski definition) is 2. The van der Waals surface area contributed by atoms with Crippen LogP contribution >= 0.6 is 0 Å². The summed E-state index contributed by atoms with van der Waals surface area (Å²) in [7, 11) is 0. The van der Waals surface area contributed by atoms with Crippen LogP contribution in [0.1, 0.15) is 35.4 Å². The standard InChI is InChI=1S/C21H18F3N3O2/c1-2-16(20-26-12-17(27-20)13-6-4-3-5-7-13)18(25)19(28)14-8-10-15(11-9-14)29-21(22,23)24/h3-12,16,25H,2H2,1H3,(H,26,27). The number of aromatic amines is 1. The Labute approximate surface area is 165 Å². The molecule has 1 unspecified atom stereocenters. The summed E-state index contributed by atoms with van der Waals surface area (Å²) in [6.07, 6.45) is -2.70. The minimum Gasteiger partial charge on any atom is -0.406 e. The van der Waals surface area contributed by atoms with E-state index in [0.29, 0.717) is 12.2 Å². The second-order valence-corrected chi connectivity index (χ2v) is 6.32. The minimum atomic E-state index is -4.80. The van der Waals surface area contributed by atoms with Gasteiger partial charge in [-0.2, -0.15) is 0 Å². The van der Waals surface area contributed by atoms with Gasteiger partial charge >= 0.3 is 6.36 Å². The third-order valence-electron chi connectivity index (χ3n) is 4.36. The van der Waals surface area contributed by atoms with Crippen molar-refractivity contribution in [2.24, 2.45) is 0 Å². The zero-order valence-electron chi connectivity index (χ0n) is 15.5. The van der Waals surface area contributed by atoms with Gasteiger partial charge in [-0.15, -0.1) is 13.2 Å². The number of rotatable bonds is 7. The number of nitrogens with one attached hydrogen (secondary N) is 2. The van der Waals surface area contributed by atoms with E-state index < -0.39 is 23.8 Å². The van der Waals surface area contributed by atoms with Gasteiger partial charge in [-0.1, -0.05) is 37.3 Å². The molecule has 1 heterocycles. The van der Waals surface area contributed by atoms with E-state index >= 15 is 0 Å². The summed E-state index contributed by atoms with van der Waals surface area (Å²) < 4.78 is 40.6. The van der Waals surface area contributed by atoms with E-state index in [1.54, 1.807) is 6.20 Å². The summed E-state index contributed by atoms with van der Waals surface area (Å²) in [5, 5.41) is 8.32. The minimum absolute atomic E-state index is 0.109. The normalized spacial score (nSPS) is 12.4. The summed E-state index contributed by atoms with van der Waals surface area (Å²) in [6, 6.07) is 14.0. The number of hydrogen-bond acceptors (Lipinski definition) is 4. The summed E-state index contributed by atoms with van der Waals surface area (Å²) >= 11 is 0. The van der Waals surface area contributed by atoms with E-state index in [1.807, 2.05) is 37.3 Å². The number of benzene rings is 2. The second kappa shape index (κ2) is 8.30. The fourth-order valence-corrected chi connectivity index (χ4v) is 2.93. The molecular weight excluding hydrogens is 383 g/mol. The van der Waals surface area contributed by atoms with Gasteiger partial charge < -0.3 is 15.1 Å². The van der Waals surface area contributed by atoms with Crippen molar-refractivity contribution in [3.05, 3.63) is 72.2 Å². The SMILES string of the molecule is CCC(C(=N)C(=O)c1ccc(OC(F)(F)F)cc1)c1ncc(-c2ccccc2)[nH]1. The van der Waals surface area contributed by atoms with Gasteiger partial charge in [-0.05, 0) is 36.2 Å². The van der Waals surface area contributed by atoms with Gasteiger partial charge in [0.1, 0.15) is 11.6 Å². The molecule has 1 atom stereocenters. The number of Topliss-reactive ketones (excluding diaryl/α,β-unsaturated/α-hetero) is 1. The maximum Gasteiger partial charge on any atom is 0.573 e. The van der Waals surface area contributed by atoms with Crippen molar-refractivity contribution in [3.63, 3.8) is 0 Å². The van der Waals surface area contributed by atoms with Gasteiger partial charge in [-0.3, -0.25) is 4.79 Å². The second-order valence-electron chi connectivity index (χ2n) is 6.32. The molecule has 2 aromatic carbocycles. The Balaban J connectivity index is 1.77. The van der Waals surface area contributed by atoms with E-state index in [4.69, 9.17) is 5.41 Å². The van der Waals surface area contributed by atoms with Crippen LogP contribution in [0.4, 0.5) is 13.2 Å². The van der Waals surface area contributed by atoms with E-state index in [2.05, 4.69) is 14.7 Å².